The number of aliphatic carboxylic acids is 1. The van der Waals surface area contributed by atoms with Crippen molar-refractivity contribution < 1.29 is 33.8 Å². The van der Waals surface area contributed by atoms with E-state index in [-0.39, 0.29) is 36.6 Å². The lowest BCUT2D eigenvalue weighted by atomic mass is 9.72. The van der Waals surface area contributed by atoms with Gasteiger partial charge in [-0.15, -0.1) is 11.8 Å². The van der Waals surface area contributed by atoms with Crippen molar-refractivity contribution in [2.24, 2.45) is 23.0 Å². The van der Waals surface area contributed by atoms with E-state index in [1.165, 1.54) is 31.0 Å². The van der Waals surface area contributed by atoms with Crippen LogP contribution in [0.3, 0.4) is 0 Å². The number of ether oxygens (including phenoxy) is 1. The molecule has 0 bridgehead atoms. The quantitative estimate of drug-likeness (QED) is 0.0753. The Morgan fingerprint density at radius 1 is 1.21 bits per heavy atom. The van der Waals surface area contributed by atoms with Gasteiger partial charge in [0.2, 0.25) is 11.8 Å². The normalized spacial score (nSPS) is 25.6. The second-order valence-corrected chi connectivity index (χ2v) is 12.0. The number of nitrogens with one attached hydrogen (secondary N) is 3. The average Bonchev–Trinajstić information content (AvgIpc) is 3.36. The molecular formula is C26H41N5O7S. The summed E-state index contributed by atoms with van der Waals surface area (Å²) in [6.45, 7) is 1.30. The van der Waals surface area contributed by atoms with Crippen LogP contribution in [0.25, 0.3) is 0 Å². The molecule has 3 fully saturated rings. The van der Waals surface area contributed by atoms with E-state index in [0.717, 1.165) is 39.2 Å². The highest BCUT2D eigenvalue weighted by Crippen LogP contribution is 2.42. The monoisotopic (exact) mass is 567 g/mol. The number of carboxylic acid groups (broad SMARTS) is 1. The minimum Gasteiger partial charge on any atom is -0.475 e. The molecule has 2 amide bonds. The maximum absolute atomic E-state index is 13.7. The van der Waals surface area contributed by atoms with Gasteiger partial charge in [-0.05, 0) is 31.6 Å². The highest BCUT2D eigenvalue weighted by Gasteiger charge is 2.56. The Kier molecular flexibility index (Phi) is 10.6. The number of hydrogen-bond donors (Lipinski definition) is 5. The molecule has 12 nitrogen and oxygen atoms in total. The van der Waals surface area contributed by atoms with Gasteiger partial charge in [0.25, 0.3) is 5.78 Å². The molecule has 218 valence electrons. The highest BCUT2D eigenvalue weighted by atomic mass is 32.2. The molecule has 39 heavy (non-hydrogen) atoms. The Morgan fingerprint density at radius 3 is 2.49 bits per heavy atom. The van der Waals surface area contributed by atoms with Gasteiger partial charge in [0.05, 0.1) is 18.5 Å². The number of carboxylic acids is 1. The van der Waals surface area contributed by atoms with E-state index < -0.39 is 47.1 Å². The zero-order valence-corrected chi connectivity index (χ0v) is 23.5. The van der Waals surface area contributed by atoms with Crippen LogP contribution in [0.1, 0.15) is 71.1 Å². The van der Waals surface area contributed by atoms with Gasteiger partial charge in [-0.2, -0.15) is 0 Å². The summed E-state index contributed by atoms with van der Waals surface area (Å²) < 4.78 is 4.87. The molecule has 3 unspecified atom stereocenters. The summed E-state index contributed by atoms with van der Waals surface area (Å²) in [5.74, 6) is -4.77. The average molecular weight is 568 g/mol. The summed E-state index contributed by atoms with van der Waals surface area (Å²) in [6.07, 6.45) is 8.26. The number of carbonyl (C=O) groups is 5. The highest BCUT2D eigenvalue weighted by molar-refractivity contribution is 8.00. The second kappa shape index (κ2) is 13.5. The first-order valence-corrected chi connectivity index (χ1v) is 14.8. The molecule has 1 saturated carbocycles. The van der Waals surface area contributed by atoms with Crippen molar-refractivity contribution in [2.75, 3.05) is 19.4 Å². The largest absolute Gasteiger partial charge is 0.475 e. The number of carbonyl (C=O) groups excluding carboxylic acids is 4. The van der Waals surface area contributed by atoms with Crippen LogP contribution in [0.5, 0.6) is 0 Å². The lowest BCUT2D eigenvalue weighted by molar-refractivity contribution is -0.168. The van der Waals surface area contributed by atoms with Gasteiger partial charge in [0.1, 0.15) is 6.04 Å². The first-order chi connectivity index (χ1) is 18.6. The van der Waals surface area contributed by atoms with Crippen molar-refractivity contribution in [3.05, 3.63) is 0 Å². The predicted octanol–water partition coefficient (Wildman–Crippen LogP) is 1.22. The van der Waals surface area contributed by atoms with Crippen LogP contribution < -0.4 is 16.4 Å². The Bertz CT molecular complexity index is 972. The predicted molar refractivity (Wildman–Crippen MR) is 145 cm³/mol. The molecule has 0 aromatic carbocycles. The number of Topliss-reactive ketones (excluding diaryl/α,β-unsaturated/α-hetero) is 1. The molecule has 13 heteroatoms. The molecule has 1 aliphatic carbocycles. The maximum Gasteiger partial charge on any atom is 0.373 e. The molecule has 2 saturated heterocycles. The summed E-state index contributed by atoms with van der Waals surface area (Å²) in [5.41, 5.74) is 3.18. The van der Waals surface area contributed by atoms with Crippen molar-refractivity contribution >= 4 is 47.3 Å². The minimum atomic E-state index is -2.26. The summed E-state index contributed by atoms with van der Waals surface area (Å²) >= 11 is 1.52. The molecule has 3 rings (SSSR count). The van der Waals surface area contributed by atoms with Crippen LogP contribution in [0.15, 0.2) is 0 Å². The number of amides is 2. The van der Waals surface area contributed by atoms with Gasteiger partial charge in [0.15, 0.2) is 11.4 Å². The number of guanidine groups is 1. The third-order valence-electron chi connectivity index (χ3n) is 8.30. The lowest BCUT2D eigenvalue weighted by Crippen LogP contribution is -2.64. The van der Waals surface area contributed by atoms with Gasteiger partial charge >= 0.3 is 11.9 Å². The number of hydrogen-bond acceptors (Lipinski definition) is 8. The minimum absolute atomic E-state index is 0.0465. The van der Waals surface area contributed by atoms with Crippen molar-refractivity contribution in [1.82, 2.24) is 15.5 Å². The number of nitrogens with two attached hydrogens (primary N) is 1. The van der Waals surface area contributed by atoms with E-state index in [1.54, 1.807) is 11.8 Å². The van der Waals surface area contributed by atoms with Crippen molar-refractivity contribution in [2.45, 2.75) is 88.6 Å². The molecule has 6 N–H and O–H groups in total. The molecular weight excluding hydrogens is 526 g/mol. The number of methoxy groups -OCH3 is 1. The Labute approximate surface area is 233 Å². The number of rotatable bonds is 12. The van der Waals surface area contributed by atoms with E-state index >= 15 is 0 Å². The number of thioether (sulfide) groups is 1. The van der Waals surface area contributed by atoms with Crippen LogP contribution in [0, 0.1) is 22.7 Å². The lowest BCUT2D eigenvalue weighted by Gasteiger charge is -2.40. The second-order valence-electron chi connectivity index (χ2n) is 10.8. The number of fused-ring (bicyclic) bond motifs is 1. The molecule has 2 heterocycles. The van der Waals surface area contributed by atoms with Crippen molar-refractivity contribution in [3.63, 3.8) is 0 Å². The van der Waals surface area contributed by atoms with Gasteiger partial charge in [-0.25, -0.2) is 4.79 Å². The van der Waals surface area contributed by atoms with E-state index in [1.807, 2.05) is 0 Å². The molecule has 0 radical (unpaired) electrons. The molecule has 0 aromatic heterocycles. The first kappa shape index (κ1) is 30.7. The topological polar surface area (TPSA) is 192 Å². The third-order valence-corrected chi connectivity index (χ3v) is 9.66. The zero-order chi connectivity index (χ0) is 28.7. The molecule has 0 aromatic rings. The van der Waals surface area contributed by atoms with Crippen molar-refractivity contribution in [1.29, 1.82) is 5.41 Å². The van der Waals surface area contributed by atoms with Gasteiger partial charge in [-0.1, -0.05) is 45.4 Å². The summed E-state index contributed by atoms with van der Waals surface area (Å²) in [7, 11) is 1.04. The van der Waals surface area contributed by atoms with Gasteiger partial charge in [0, 0.05) is 18.2 Å². The Hall–Kier alpha value is -2.83. The maximum atomic E-state index is 13.7. The number of nitrogens with zero attached hydrogens (tertiary/aromatic N) is 1. The smallest absolute Gasteiger partial charge is 0.373 e. The summed E-state index contributed by atoms with van der Waals surface area (Å²) in [5, 5.41) is 22.2. The van der Waals surface area contributed by atoms with Crippen LogP contribution in [0.2, 0.25) is 0 Å². The van der Waals surface area contributed by atoms with E-state index in [2.05, 4.69) is 10.6 Å². The van der Waals surface area contributed by atoms with E-state index in [0.29, 0.717) is 11.7 Å². The van der Waals surface area contributed by atoms with Gasteiger partial charge in [-0.3, -0.25) is 24.6 Å². The first-order valence-electron chi connectivity index (χ1n) is 13.7. The van der Waals surface area contributed by atoms with Crippen molar-refractivity contribution in [3.8, 4) is 0 Å². The summed E-state index contributed by atoms with van der Waals surface area (Å²) in [4.78, 5) is 66.9. The van der Waals surface area contributed by atoms with Crippen LogP contribution in [0.4, 0.5) is 0 Å². The third kappa shape index (κ3) is 6.67. The number of ketones is 1. The zero-order valence-electron chi connectivity index (χ0n) is 22.7. The number of piperidine rings is 1. The molecule has 2 aliphatic heterocycles. The van der Waals surface area contributed by atoms with E-state index in [9.17, 15) is 29.1 Å². The van der Waals surface area contributed by atoms with Gasteiger partial charge < -0.3 is 31.1 Å². The van der Waals surface area contributed by atoms with Crippen LogP contribution in [-0.2, 0) is 28.7 Å². The Balaban J connectivity index is 1.87. The Morgan fingerprint density at radius 2 is 1.90 bits per heavy atom. The fraction of sp³-hybridized carbons (Fsp3) is 0.769. The van der Waals surface area contributed by atoms with Crippen LogP contribution >= 0.6 is 11.8 Å². The fourth-order valence-electron chi connectivity index (χ4n) is 6.38. The van der Waals surface area contributed by atoms with Crippen LogP contribution in [-0.4, -0.2) is 82.4 Å². The fourth-order valence-corrected chi connectivity index (χ4v) is 7.81. The SMILES string of the molecule is CCC[C@](C(=O)OC)(C(=O)C(=O)O)C(CNC(=N)N)NC(=O)C1CSC2CC[C@@H](CC3CCCCC3)C(=O)N21. The summed E-state index contributed by atoms with van der Waals surface area (Å²) in [6, 6.07) is -2.23. The standard InChI is InChI=1S/C26H41N5O7S/c1-3-11-26(24(37)38-2,20(32)23(35)36)18(13-29-25(27)28)30-21(33)17-14-39-19-10-9-16(22(34)31(17)19)12-15-7-5-4-6-8-15/h15-19H,3-14H2,1-2H3,(H,30,33)(H,35,36)(H4,27,28,29)/t16-,17?,18?,19?,26+/m0/s1. The molecule has 3 aliphatic rings. The molecule has 0 spiro atoms. The van der Waals surface area contributed by atoms with E-state index in [4.69, 9.17) is 15.9 Å². The molecule has 5 atom stereocenters. The number of esters is 1.